The lowest BCUT2D eigenvalue weighted by Crippen LogP contribution is -2.31. The van der Waals surface area contributed by atoms with Crippen molar-refractivity contribution in [3.05, 3.63) is 54.1 Å². The van der Waals surface area contributed by atoms with Crippen molar-refractivity contribution < 1.29 is 9.90 Å². The first-order valence-electron chi connectivity index (χ1n) is 8.27. The van der Waals surface area contributed by atoms with Crippen LogP contribution in [0.3, 0.4) is 0 Å². The Morgan fingerprint density at radius 2 is 1.79 bits per heavy atom. The van der Waals surface area contributed by atoms with E-state index in [9.17, 15) is 9.90 Å². The van der Waals surface area contributed by atoms with E-state index < -0.39 is 0 Å². The zero-order valence-corrected chi connectivity index (χ0v) is 13.9. The van der Waals surface area contributed by atoms with Crippen molar-refractivity contribution in [3.63, 3.8) is 0 Å². The van der Waals surface area contributed by atoms with Gasteiger partial charge in [0.25, 0.3) is 0 Å². The van der Waals surface area contributed by atoms with Crippen LogP contribution < -0.4 is 10.2 Å². The van der Waals surface area contributed by atoms with Gasteiger partial charge in [0.05, 0.1) is 11.4 Å². The zero-order chi connectivity index (χ0) is 16.9. The van der Waals surface area contributed by atoms with Gasteiger partial charge in [-0.1, -0.05) is 24.3 Å². The second-order valence-corrected chi connectivity index (χ2v) is 6.16. The Hall–Kier alpha value is -2.69. The molecule has 2 aromatic rings. The van der Waals surface area contributed by atoms with Crippen molar-refractivity contribution in [2.45, 2.75) is 19.4 Å². The van der Waals surface area contributed by atoms with Gasteiger partial charge < -0.3 is 20.2 Å². The topological polar surface area (TPSA) is 55.8 Å². The number of phenols is 1. The first kappa shape index (κ1) is 16.2. The number of carbonyl (C=O) groups is 1. The average Bonchev–Trinajstić information content (AvgIpc) is 3.11. The number of phenolic OH excluding ortho intramolecular Hbond substituents is 1. The number of carbonyl (C=O) groups excluding carboxylic acids is 1. The molecular weight excluding hydrogens is 302 g/mol. The Morgan fingerprint density at radius 1 is 1.12 bits per heavy atom. The Morgan fingerprint density at radius 3 is 2.50 bits per heavy atom. The smallest absolute Gasteiger partial charge is 0.321 e. The molecule has 3 rings (SSSR count). The van der Waals surface area contributed by atoms with Crippen LogP contribution in [-0.4, -0.2) is 36.2 Å². The van der Waals surface area contributed by atoms with Crippen LogP contribution in [0.5, 0.6) is 5.75 Å². The fourth-order valence-corrected chi connectivity index (χ4v) is 2.97. The number of para-hydroxylation sites is 2. The van der Waals surface area contributed by atoms with Gasteiger partial charge in [-0.15, -0.1) is 0 Å². The van der Waals surface area contributed by atoms with Crippen molar-refractivity contribution in [3.8, 4) is 5.75 Å². The highest BCUT2D eigenvalue weighted by Crippen LogP contribution is 2.28. The highest BCUT2D eigenvalue weighted by atomic mass is 16.3. The van der Waals surface area contributed by atoms with Gasteiger partial charge in [0.15, 0.2) is 0 Å². The number of benzene rings is 2. The van der Waals surface area contributed by atoms with Crippen molar-refractivity contribution in [2.75, 3.05) is 30.4 Å². The van der Waals surface area contributed by atoms with Crippen molar-refractivity contribution >= 4 is 17.4 Å². The second kappa shape index (κ2) is 7.25. The highest BCUT2D eigenvalue weighted by molar-refractivity contribution is 5.93. The fourth-order valence-electron chi connectivity index (χ4n) is 2.97. The average molecular weight is 325 g/mol. The molecule has 5 nitrogen and oxygen atoms in total. The second-order valence-electron chi connectivity index (χ2n) is 6.16. The van der Waals surface area contributed by atoms with Crippen LogP contribution in [0.25, 0.3) is 0 Å². The van der Waals surface area contributed by atoms with Crippen LogP contribution in [0.4, 0.5) is 16.2 Å². The molecule has 0 bridgehead atoms. The van der Waals surface area contributed by atoms with Gasteiger partial charge in [0.2, 0.25) is 0 Å². The molecule has 2 aromatic carbocycles. The van der Waals surface area contributed by atoms with Crippen LogP contribution in [0.1, 0.15) is 18.4 Å². The number of hydrogen-bond donors (Lipinski definition) is 2. The quantitative estimate of drug-likeness (QED) is 0.902. The number of anilines is 2. The maximum absolute atomic E-state index is 12.5. The Bertz CT molecular complexity index is 694. The zero-order valence-electron chi connectivity index (χ0n) is 13.9. The van der Waals surface area contributed by atoms with Gasteiger partial charge in [0.1, 0.15) is 5.75 Å². The van der Waals surface area contributed by atoms with Crippen molar-refractivity contribution in [1.82, 2.24) is 4.90 Å². The van der Waals surface area contributed by atoms with Gasteiger partial charge >= 0.3 is 6.03 Å². The van der Waals surface area contributed by atoms with E-state index in [0.29, 0.717) is 6.54 Å². The Labute approximate surface area is 142 Å². The number of aromatic hydroxyl groups is 1. The minimum atomic E-state index is -0.144. The molecule has 24 heavy (non-hydrogen) atoms. The summed E-state index contributed by atoms with van der Waals surface area (Å²) < 4.78 is 0. The third-order valence-corrected chi connectivity index (χ3v) is 4.30. The predicted molar refractivity (Wildman–Crippen MR) is 96.5 cm³/mol. The standard InChI is InChI=1S/C19H23N3O2/c1-21(14-15-8-10-16(23)11-9-15)19(24)20-17-6-2-3-7-18(17)22-12-4-5-13-22/h2-3,6-11,23H,4-5,12-14H2,1H3,(H,20,24). The van der Waals surface area contributed by atoms with Crippen LogP contribution >= 0.6 is 0 Å². The minimum absolute atomic E-state index is 0.144. The van der Waals surface area contributed by atoms with Crippen LogP contribution in [0.2, 0.25) is 0 Å². The van der Waals surface area contributed by atoms with E-state index in [-0.39, 0.29) is 11.8 Å². The van der Waals surface area contributed by atoms with Crippen LogP contribution in [0, 0.1) is 0 Å². The molecule has 0 aromatic heterocycles. The third kappa shape index (κ3) is 3.79. The molecule has 1 heterocycles. The molecule has 0 spiro atoms. The van der Waals surface area contributed by atoms with E-state index in [0.717, 1.165) is 30.0 Å². The summed E-state index contributed by atoms with van der Waals surface area (Å²) in [7, 11) is 1.76. The summed E-state index contributed by atoms with van der Waals surface area (Å²) >= 11 is 0. The number of hydrogen-bond acceptors (Lipinski definition) is 3. The summed E-state index contributed by atoms with van der Waals surface area (Å²) in [5.74, 6) is 0.227. The molecule has 5 heteroatoms. The van der Waals surface area contributed by atoms with Gasteiger partial charge in [-0.2, -0.15) is 0 Å². The molecule has 0 atom stereocenters. The largest absolute Gasteiger partial charge is 0.508 e. The lowest BCUT2D eigenvalue weighted by molar-refractivity contribution is 0.220. The molecule has 0 radical (unpaired) electrons. The molecule has 2 amide bonds. The summed E-state index contributed by atoms with van der Waals surface area (Å²) in [6.07, 6.45) is 2.39. The molecule has 2 N–H and O–H groups in total. The molecule has 0 aliphatic carbocycles. The molecule has 1 aliphatic heterocycles. The van der Waals surface area contributed by atoms with Gasteiger partial charge in [-0.3, -0.25) is 0 Å². The van der Waals surface area contributed by atoms with Crippen LogP contribution in [-0.2, 0) is 6.54 Å². The summed E-state index contributed by atoms with van der Waals surface area (Å²) in [5.41, 5.74) is 2.90. The van der Waals surface area contributed by atoms with E-state index in [1.165, 1.54) is 12.8 Å². The number of amides is 2. The molecular formula is C19H23N3O2. The summed E-state index contributed by atoms with van der Waals surface area (Å²) in [6.45, 7) is 2.56. The number of urea groups is 1. The monoisotopic (exact) mass is 325 g/mol. The van der Waals surface area contributed by atoms with E-state index in [1.54, 1.807) is 24.1 Å². The Kier molecular flexibility index (Phi) is 4.89. The maximum atomic E-state index is 12.5. The summed E-state index contributed by atoms with van der Waals surface area (Å²) in [5, 5.41) is 12.3. The number of nitrogens with zero attached hydrogens (tertiary/aromatic N) is 2. The lowest BCUT2D eigenvalue weighted by Gasteiger charge is -2.23. The fraction of sp³-hybridized carbons (Fsp3) is 0.316. The molecule has 0 unspecified atom stereocenters. The number of nitrogens with one attached hydrogen (secondary N) is 1. The SMILES string of the molecule is CN(Cc1ccc(O)cc1)C(=O)Nc1ccccc1N1CCCC1. The van der Waals surface area contributed by atoms with Crippen LogP contribution in [0.15, 0.2) is 48.5 Å². The lowest BCUT2D eigenvalue weighted by atomic mass is 10.2. The number of rotatable bonds is 4. The molecule has 1 fully saturated rings. The first-order valence-corrected chi connectivity index (χ1v) is 8.27. The molecule has 1 aliphatic rings. The van der Waals surface area contributed by atoms with Gasteiger partial charge in [0, 0.05) is 26.7 Å². The van der Waals surface area contributed by atoms with E-state index >= 15 is 0 Å². The summed E-state index contributed by atoms with van der Waals surface area (Å²) in [6, 6.07) is 14.7. The highest BCUT2D eigenvalue weighted by Gasteiger charge is 2.17. The van der Waals surface area contributed by atoms with Crippen molar-refractivity contribution in [2.24, 2.45) is 0 Å². The normalized spacial score (nSPS) is 13.8. The molecule has 1 saturated heterocycles. The third-order valence-electron chi connectivity index (χ3n) is 4.30. The maximum Gasteiger partial charge on any atom is 0.321 e. The Balaban J connectivity index is 1.67. The first-order chi connectivity index (χ1) is 11.6. The molecule has 126 valence electrons. The summed E-state index contributed by atoms with van der Waals surface area (Å²) in [4.78, 5) is 16.4. The van der Waals surface area contributed by atoms with E-state index in [1.807, 2.05) is 30.3 Å². The van der Waals surface area contributed by atoms with E-state index in [4.69, 9.17) is 0 Å². The minimum Gasteiger partial charge on any atom is -0.508 e. The van der Waals surface area contributed by atoms with Gasteiger partial charge in [-0.25, -0.2) is 4.79 Å². The predicted octanol–water partition coefficient (Wildman–Crippen LogP) is 3.66. The van der Waals surface area contributed by atoms with Crippen molar-refractivity contribution in [1.29, 1.82) is 0 Å². The molecule has 0 saturated carbocycles. The van der Waals surface area contributed by atoms with E-state index in [2.05, 4.69) is 16.3 Å². The van der Waals surface area contributed by atoms with Gasteiger partial charge in [-0.05, 0) is 42.7 Å².